The molecule has 1 aliphatic carbocycles. The largest absolute Gasteiger partial charge is 0.444 e. The molecule has 0 bridgehead atoms. The third kappa shape index (κ3) is 3.24. The molecule has 1 spiro atoms. The summed E-state index contributed by atoms with van der Waals surface area (Å²) in [6.45, 7) is 12.3. The van der Waals surface area contributed by atoms with Crippen molar-refractivity contribution in [3.05, 3.63) is 0 Å². The van der Waals surface area contributed by atoms with Gasteiger partial charge in [-0.1, -0.05) is 13.8 Å². The van der Waals surface area contributed by atoms with Gasteiger partial charge in [-0.2, -0.15) is 0 Å². The lowest BCUT2D eigenvalue weighted by molar-refractivity contribution is 0.00509. The first-order valence-corrected chi connectivity index (χ1v) is 7.70. The van der Waals surface area contributed by atoms with Gasteiger partial charge in [0.2, 0.25) is 0 Å². The minimum absolute atomic E-state index is 0.138. The zero-order valence-corrected chi connectivity index (χ0v) is 13.2. The van der Waals surface area contributed by atoms with Gasteiger partial charge in [-0.05, 0) is 63.7 Å². The molecule has 2 fully saturated rings. The summed E-state index contributed by atoms with van der Waals surface area (Å²) >= 11 is 0. The second-order valence-corrected chi connectivity index (χ2v) is 7.78. The van der Waals surface area contributed by atoms with Crippen LogP contribution in [0.5, 0.6) is 0 Å². The zero-order valence-electron chi connectivity index (χ0n) is 13.2. The van der Waals surface area contributed by atoms with E-state index >= 15 is 0 Å². The van der Waals surface area contributed by atoms with Gasteiger partial charge in [0.1, 0.15) is 5.60 Å². The van der Waals surface area contributed by atoms with E-state index in [1.165, 1.54) is 12.8 Å². The topological polar surface area (TPSA) is 29.5 Å². The molecule has 2 atom stereocenters. The predicted octanol–water partition coefficient (Wildman–Crippen LogP) is 4.07. The fraction of sp³-hybridized carbons (Fsp3) is 0.938. The van der Waals surface area contributed by atoms with E-state index < -0.39 is 0 Å². The Labute approximate surface area is 117 Å². The van der Waals surface area contributed by atoms with Crippen molar-refractivity contribution in [1.82, 2.24) is 4.90 Å². The number of carbonyl (C=O) groups is 1. The van der Waals surface area contributed by atoms with Crippen LogP contribution >= 0.6 is 0 Å². The Morgan fingerprint density at radius 1 is 1.21 bits per heavy atom. The first kappa shape index (κ1) is 14.7. The van der Waals surface area contributed by atoms with Crippen LogP contribution in [0.25, 0.3) is 0 Å². The molecule has 2 aliphatic rings. The molecule has 2 unspecified atom stereocenters. The van der Waals surface area contributed by atoms with E-state index in [0.29, 0.717) is 5.41 Å². The van der Waals surface area contributed by atoms with Gasteiger partial charge in [0.25, 0.3) is 0 Å². The maximum absolute atomic E-state index is 12.1. The molecular weight excluding hydrogens is 238 g/mol. The van der Waals surface area contributed by atoms with Crippen LogP contribution in [0.4, 0.5) is 4.79 Å². The fourth-order valence-electron chi connectivity index (χ4n) is 3.99. The minimum atomic E-state index is -0.388. The molecule has 0 aromatic heterocycles. The van der Waals surface area contributed by atoms with Gasteiger partial charge in [-0.25, -0.2) is 4.79 Å². The lowest BCUT2D eigenvalue weighted by Crippen LogP contribution is -2.46. The minimum Gasteiger partial charge on any atom is -0.444 e. The number of nitrogens with zero attached hydrogens (tertiary/aromatic N) is 1. The number of rotatable bonds is 0. The summed E-state index contributed by atoms with van der Waals surface area (Å²) in [5.74, 6) is 1.66. The first-order chi connectivity index (χ1) is 8.72. The van der Waals surface area contributed by atoms with E-state index in [1.807, 2.05) is 25.7 Å². The van der Waals surface area contributed by atoms with E-state index in [0.717, 1.165) is 37.8 Å². The number of hydrogen-bond acceptors (Lipinski definition) is 2. The van der Waals surface area contributed by atoms with Gasteiger partial charge in [0.05, 0.1) is 0 Å². The molecule has 1 heterocycles. The summed E-state index contributed by atoms with van der Waals surface area (Å²) in [5, 5.41) is 0. The van der Waals surface area contributed by atoms with E-state index in [9.17, 15) is 4.79 Å². The van der Waals surface area contributed by atoms with Crippen molar-refractivity contribution in [3.63, 3.8) is 0 Å². The summed E-state index contributed by atoms with van der Waals surface area (Å²) in [5.41, 5.74) is 0.110. The second kappa shape index (κ2) is 4.99. The summed E-state index contributed by atoms with van der Waals surface area (Å²) in [7, 11) is 0. The lowest BCUT2D eigenvalue weighted by atomic mass is 9.71. The van der Waals surface area contributed by atoms with Crippen molar-refractivity contribution in [2.45, 2.75) is 65.9 Å². The highest BCUT2D eigenvalue weighted by Gasteiger charge is 2.45. The van der Waals surface area contributed by atoms with Crippen LogP contribution in [0.3, 0.4) is 0 Å². The van der Waals surface area contributed by atoms with Crippen LogP contribution in [0.1, 0.15) is 60.3 Å². The van der Waals surface area contributed by atoms with Crippen molar-refractivity contribution in [1.29, 1.82) is 0 Å². The van der Waals surface area contributed by atoms with Crippen LogP contribution in [0, 0.1) is 17.3 Å². The number of amides is 1. The molecule has 2 rings (SSSR count). The summed E-state index contributed by atoms with van der Waals surface area (Å²) < 4.78 is 5.46. The zero-order chi connectivity index (χ0) is 14.3. The highest BCUT2D eigenvalue weighted by molar-refractivity contribution is 5.68. The number of carbonyl (C=O) groups excluding carboxylic acids is 1. The smallest absolute Gasteiger partial charge is 0.410 e. The third-order valence-corrected chi connectivity index (χ3v) is 4.97. The Kier molecular flexibility index (Phi) is 3.85. The van der Waals surface area contributed by atoms with Gasteiger partial charge >= 0.3 is 6.09 Å². The van der Waals surface area contributed by atoms with Gasteiger partial charge in [-0.3, -0.25) is 0 Å². The Hall–Kier alpha value is -0.730. The molecule has 3 nitrogen and oxygen atoms in total. The molecule has 3 heteroatoms. The number of hydrogen-bond donors (Lipinski definition) is 0. The van der Waals surface area contributed by atoms with E-state index in [1.54, 1.807) is 0 Å². The highest BCUT2D eigenvalue weighted by Crippen LogP contribution is 2.52. The fourth-order valence-corrected chi connectivity index (χ4v) is 3.99. The quantitative estimate of drug-likeness (QED) is 0.662. The number of ether oxygens (including phenoxy) is 1. The van der Waals surface area contributed by atoms with Gasteiger partial charge in [-0.15, -0.1) is 0 Å². The van der Waals surface area contributed by atoms with Crippen LogP contribution < -0.4 is 0 Å². The average molecular weight is 267 g/mol. The van der Waals surface area contributed by atoms with Gasteiger partial charge < -0.3 is 9.64 Å². The van der Waals surface area contributed by atoms with Gasteiger partial charge in [0, 0.05) is 13.1 Å². The van der Waals surface area contributed by atoms with E-state index in [-0.39, 0.29) is 11.7 Å². The van der Waals surface area contributed by atoms with Gasteiger partial charge in [0.15, 0.2) is 0 Å². The van der Waals surface area contributed by atoms with Crippen molar-refractivity contribution < 1.29 is 9.53 Å². The van der Waals surface area contributed by atoms with Crippen molar-refractivity contribution >= 4 is 6.09 Å². The number of piperidine rings is 1. The maximum Gasteiger partial charge on any atom is 0.410 e. The maximum atomic E-state index is 12.1. The van der Waals surface area contributed by atoms with Crippen LogP contribution in [0.15, 0.2) is 0 Å². The molecule has 1 aliphatic heterocycles. The highest BCUT2D eigenvalue weighted by atomic mass is 16.6. The standard InChI is InChI=1S/C16H29NO2/c1-12-10-13(2)16(11-12)6-8-17(9-7-16)14(18)19-15(3,4)5/h12-13H,6-11H2,1-5H3. The van der Waals surface area contributed by atoms with Crippen molar-refractivity contribution in [2.24, 2.45) is 17.3 Å². The van der Waals surface area contributed by atoms with Crippen LogP contribution in [-0.4, -0.2) is 29.7 Å². The van der Waals surface area contributed by atoms with Crippen molar-refractivity contribution in [2.75, 3.05) is 13.1 Å². The van der Waals surface area contributed by atoms with Crippen LogP contribution in [0.2, 0.25) is 0 Å². The molecule has 0 aromatic rings. The predicted molar refractivity (Wildman–Crippen MR) is 77.0 cm³/mol. The molecule has 19 heavy (non-hydrogen) atoms. The summed E-state index contributed by atoms with van der Waals surface area (Å²) in [6.07, 6.45) is 4.86. The molecule has 0 N–H and O–H groups in total. The van der Waals surface area contributed by atoms with E-state index in [2.05, 4.69) is 13.8 Å². The monoisotopic (exact) mass is 267 g/mol. The lowest BCUT2D eigenvalue weighted by Gasteiger charge is -2.42. The molecule has 1 saturated heterocycles. The molecule has 0 aromatic carbocycles. The SMILES string of the molecule is CC1CC(C)C2(CCN(C(=O)OC(C)(C)C)CC2)C1. The Bertz CT molecular complexity index is 337. The molecule has 1 saturated carbocycles. The number of likely N-dealkylation sites (tertiary alicyclic amines) is 1. The molecular formula is C16H29NO2. The normalized spacial score (nSPS) is 30.7. The van der Waals surface area contributed by atoms with Crippen LogP contribution in [-0.2, 0) is 4.74 Å². The summed E-state index contributed by atoms with van der Waals surface area (Å²) in [6, 6.07) is 0. The Morgan fingerprint density at radius 3 is 2.21 bits per heavy atom. The second-order valence-electron chi connectivity index (χ2n) is 7.78. The first-order valence-electron chi connectivity index (χ1n) is 7.70. The molecule has 0 radical (unpaired) electrons. The average Bonchev–Trinajstić information content (AvgIpc) is 2.52. The third-order valence-electron chi connectivity index (χ3n) is 4.97. The molecule has 110 valence electrons. The van der Waals surface area contributed by atoms with E-state index in [4.69, 9.17) is 4.74 Å². The molecule has 1 amide bonds. The van der Waals surface area contributed by atoms with Crippen molar-refractivity contribution in [3.8, 4) is 0 Å². The summed E-state index contributed by atoms with van der Waals surface area (Å²) in [4.78, 5) is 14.0. The Morgan fingerprint density at radius 2 is 1.79 bits per heavy atom. The Balaban J connectivity index is 1.91.